The minimum atomic E-state index is -0.389. The summed E-state index contributed by atoms with van der Waals surface area (Å²) in [7, 11) is 3.18. The minimum absolute atomic E-state index is 0.00178. The number of phenols is 2. The number of carbonyl (C=O) groups excluding carboxylic acids is 4. The lowest BCUT2D eigenvalue weighted by Gasteiger charge is -2.60. The van der Waals surface area contributed by atoms with E-state index in [-0.39, 0.29) is 112 Å². The lowest BCUT2D eigenvalue weighted by atomic mass is 9.43. The van der Waals surface area contributed by atoms with Crippen molar-refractivity contribution in [2.24, 2.45) is 69.0 Å². The Kier molecular flexibility index (Phi) is 21.3. The highest BCUT2D eigenvalue weighted by atomic mass is 79.9. The molecule has 0 radical (unpaired) electrons. The number of ketones is 4. The van der Waals surface area contributed by atoms with Crippen molar-refractivity contribution in [3.8, 4) is 23.0 Å². The summed E-state index contributed by atoms with van der Waals surface area (Å²) in [5.41, 5.74) is 1.44. The monoisotopic (exact) mass is 1230 g/mol. The number of fused-ring (bicyclic) bond motifs is 2. The quantitative estimate of drug-likeness (QED) is 0.0891. The summed E-state index contributed by atoms with van der Waals surface area (Å²) in [6.07, 6.45) is 11.1. The van der Waals surface area contributed by atoms with Gasteiger partial charge in [0.1, 0.15) is 34.4 Å². The summed E-state index contributed by atoms with van der Waals surface area (Å²) >= 11 is 18.8. The smallest absolute Gasteiger partial charge is 0.369 e. The van der Waals surface area contributed by atoms with Crippen molar-refractivity contribution in [1.82, 2.24) is 9.97 Å². The average Bonchev–Trinajstić information content (AvgIpc) is 3.33. The molecule has 0 spiro atoms. The molecule has 0 saturated heterocycles. The molecule has 73 heavy (non-hydrogen) atoms. The van der Waals surface area contributed by atoms with Gasteiger partial charge in [-0.15, -0.1) is 70.5 Å². The Morgan fingerprint density at radius 2 is 0.959 bits per heavy atom. The summed E-state index contributed by atoms with van der Waals surface area (Å²) < 4.78 is 11.2. The van der Waals surface area contributed by atoms with E-state index in [1.807, 2.05) is 25.1 Å². The summed E-state index contributed by atoms with van der Waals surface area (Å²) in [6, 6.07) is 20.3. The second kappa shape index (κ2) is 25.7. The van der Waals surface area contributed by atoms with Crippen molar-refractivity contribution in [2.75, 3.05) is 19.6 Å². The minimum Gasteiger partial charge on any atom is -0.508 e. The molecule has 16 heteroatoms. The van der Waals surface area contributed by atoms with Crippen molar-refractivity contribution in [2.45, 2.75) is 107 Å². The summed E-state index contributed by atoms with van der Waals surface area (Å²) in [5, 5.41) is 20.2. The molecule has 0 amide bonds. The fourth-order valence-electron chi connectivity index (χ4n) is 14.1. The predicted octanol–water partition coefficient (Wildman–Crippen LogP) is 15.5. The Morgan fingerprint density at radius 1 is 0.603 bits per heavy atom. The van der Waals surface area contributed by atoms with E-state index >= 15 is 0 Å². The van der Waals surface area contributed by atoms with Crippen LogP contribution in [0, 0.1) is 69.0 Å². The third-order valence-electron chi connectivity index (χ3n) is 17.2. The van der Waals surface area contributed by atoms with Gasteiger partial charge in [0.25, 0.3) is 0 Å². The SMILES string of the molecule is BrB(Br)Br.COc1cc(OC)cc(C(=O)[C@H]2[C@H](C)C(C(=O)c3ccccn3)C[C@H]3C(C)(C)CCC[C@]23C)c1.C[C@@H]1C(C(=O)c2ccccn2)C[C@H]2C(C)(C)CCC[C@]2(C)[C@H]1C(=O)c1cc(O)cc(O)c1.ClCCl. The van der Waals surface area contributed by atoms with Crippen LogP contribution in [0.5, 0.6) is 23.0 Å². The second-order valence-electron chi connectivity index (χ2n) is 22.2. The van der Waals surface area contributed by atoms with Crippen LogP contribution < -0.4 is 9.47 Å². The highest BCUT2D eigenvalue weighted by molar-refractivity contribution is 9.69. The van der Waals surface area contributed by atoms with E-state index in [0.29, 0.717) is 34.0 Å². The van der Waals surface area contributed by atoms with Gasteiger partial charge < -0.3 is 19.7 Å². The first-order valence-corrected chi connectivity index (χ1v) is 28.9. The van der Waals surface area contributed by atoms with Crippen molar-refractivity contribution in [3.05, 3.63) is 108 Å². The fraction of sp³-hybridized carbons (Fsp3) is 0.544. The van der Waals surface area contributed by atoms with Crippen LogP contribution in [0.15, 0.2) is 85.2 Å². The van der Waals surface area contributed by atoms with Crippen molar-refractivity contribution < 1.29 is 38.9 Å². The number of hydrogen-bond donors (Lipinski definition) is 2. The van der Waals surface area contributed by atoms with Gasteiger partial charge in [-0.25, -0.2) is 0 Å². The summed E-state index contributed by atoms with van der Waals surface area (Å²) in [4.78, 5) is 64.1. The zero-order chi connectivity index (χ0) is 54.2. The molecule has 4 saturated carbocycles. The number of ether oxygens (including phenoxy) is 2. The Morgan fingerprint density at radius 3 is 1.29 bits per heavy atom. The maximum Gasteiger partial charge on any atom is 0.369 e. The molecule has 4 aliphatic carbocycles. The number of hydrogen-bond acceptors (Lipinski definition) is 10. The summed E-state index contributed by atoms with van der Waals surface area (Å²) in [5.74, 6) is -0.0842. The van der Waals surface area contributed by atoms with Gasteiger partial charge in [0, 0.05) is 59.3 Å². The number of carbonyl (C=O) groups is 4. The van der Waals surface area contributed by atoms with Gasteiger partial charge >= 0.3 is 3.18 Å². The largest absolute Gasteiger partial charge is 0.508 e. The van der Waals surface area contributed by atoms with E-state index < -0.39 is 0 Å². The van der Waals surface area contributed by atoms with Gasteiger partial charge in [-0.3, -0.25) is 29.1 Å². The Hall–Kier alpha value is -3.30. The summed E-state index contributed by atoms with van der Waals surface area (Å²) in [6.45, 7) is 17.7. The standard InChI is InChI=1S/C29H37NO4.C27H33NO4.CH2Cl2.BBr3/c1-18-22(27(32)23-10-7-8-13-30-23)17-24-28(2,3)11-9-12-29(24,4)25(18)26(31)19-14-20(33-5)16-21(15-19)34-6;1-16-20(25(32)21-8-5-6-11-28-21)15-22-26(2,3)9-7-10-27(22,4)23(16)24(31)17-12-18(29)14-19(30)13-17;2-1-3;2-1(3)4/h7-8,10,13-16,18,22,24-25H,9,11-12,17H2,1-6H3;5-6,8,11-14,16,20,22-23,29-30H,7,9-10,15H2,1-4H3;1H2;/t18-,22?,24+,25-,29+;16-,20?,22+,23-,27+;;/m11../s1. The van der Waals surface area contributed by atoms with Crippen LogP contribution in [0.1, 0.15) is 148 Å². The third-order valence-corrected chi connectivity index (χ3v) is 17.2. The number of benzene rings is 2. The van der Waals surface area contributed by atoms with Crippen molar-refractivity contribution in [3.63, 3.8) is 0 Å². The fourth-order valence-corrected chi connectivity index (χ4v) is 14.1. The number of phenolic OH excluding ortho intramolecular Hbond substituents is 2. The number of aromatic nitrogens is 2. The molecule has 4 aromatic rings. The van der Waals surface area contributed by atoms with E-state index in [0.717, 1.165) is 51.4 Å². The zero-order valence-corrected chi connectivity index (χ0v) is 50.0. The molecule has 2 unspecified atom stereocenters. The van der Waals surface area contributed by atoms with E-state index in [1.165, 1.54) is 18.2 Å². The molecule has 4 fully saturated rings. The van der Waals surface area contributed by atoms with Crippen LogP contribution in [-0.2, 0) is 0 Å². The normalized spacial score (nSPS) is 28.5. The molecular formula is C57H72BBr3Cl2N2O8. The number of Topliss-reactive ketones (excluding diaryl/α,β-unsaturated/α-hetero) is 4. The Balaban J connectivity index is 0.000000241. The van der Waals surface area contributed by atoms with E-state index in [4.69, 9.17) is 32.7 Å². The lowest BCUT2D eigenvalue weighted by molar-refractivity contribution is -0.0949. The van der Waals surface area contributed by atoms with Crippen LogP contribution in [0.3, 0.4) is 0 Å². The lowest BCUT2D eigenvalue weighted by Crippen LogP contribution is -2.57. The van der Waals surface area contributed by atoms with Gasteiger partial charge in [0.05, 0.1) is 19.6 Å². The van der Waals surface area contributed by atoms with Gasteiger partial charge in [0.2, 0.25) is 0 Å². The molecule has 2 heterocycles. The predicted molar refractivity (Wildman–Crippen MR) is 304 cm³/mol. The molecule has 2 aromatic carbocycles. The molecular weight excluding hydrogens is 1160 g/mol. The number of halogens is 5. The molecule has 2 N–H and O–H groups in total. The number of pyridine rings is 2. The first-order valence-electron chi connectivity index (χ1n) is 25.1. The number of alkyl halides is 2. The van der Waals surface area contributed by atoms with Crippen LogP contribution >= 0.6 is 70.5 Å². The highest BCUT2D eigenvalue weighted by Gasteiger charge is 2.61. The zero-order valence-electron chi connectivity index (χ0n) is 43.8. The van der Waals surface area contributed by atoms with Gasteiger partial charge in [0.15, 0.2) is 23.1 Å². The molecule has 0 aliphatic heterocycles. The van der Waals surface area contributed by atoms with E-state index in [9.17, 15) is 29.4 Å². The van der Waals surface area contributed by atoms with Crippen LogP contribution in [-0.4, -0.2) is 66.1 Å². The molecule has 10 nitrogen and oxygen atoms in total. The van der Waals surface area contributed by atoms with Crippen LogP contribution in [0.25, 0.3) is 0 Å². The highest BCUT2D eigenvalue weighted by Crippen LogP contribution is 2.65. The molecule has 2 aromatic heterocycles. The van der Waals surface area contributed by atoms with Gasteiger partial charge in [-0.2, -0.15) is 0 Å². The molecule has 8 rings (SSSR count). The van der Waals surface area contributed by atoms with Crippen LogP contribution in [0.2, 0.25) is 0 Å². The topological polar surface area (TPSA) is 153 Å². The number of methoxy groups -OCH3 is 2. The second-order valence-corrected chi connectivity index (χ2v) is 29.5. The van der Waals surface area contributed by atoms with Gasteiger partial charge in [-0.05, 0) is 132 Å². The van der Waals surface area contributed by atoms with Crippen molar-refractivity contribution in [1.29, 1.82) is 0 Å². The molecule has 10 atom stereocenters. The van der Waals surface area contributed by atoms with E-state index in [1.54, 1.807) is 63.0 Å². The Bertz CT molecular complexity index is 2490. The number of rotatable bonds is 10. The maximum atomic E-state index is 14.3. The molecule has 396 valence electrons. The van der Waals surface area contributed by atoms with Crippen molar-refractivity contribution >= 4 is 96.8 Å². The van der Waals surface area contributed by atoms with Gasteiger partial charge in [-0.1, -0.05) is 80.4 Å². The maximum absolute atomic E-state index is 14.3. The third kappa shape index (κ3) is 13.8. The van der Waals surface area contributed by atoms with E-state index in [2.05, 4.69) is 106 Å². The first-order chi connectivity index (χ1) is 34.3. The first kappa shape index (κ1) is 60.6. The molecule has 0 bridgehead atoms. The Labute approximate surface area is 468 Å². The van der Waals surface area contributed by atoms with Crippen LogP contribution in [0.4, 0.5) is 0 Å². The number of aromatic hydroxyl groups is 2. The average molecular weight is 1230 g/mol. The molecule has 4 aliphatic rings. The number of nitrogens with zero attached hydrogens (tertiary/aromatic N) is 2.